The minimum atomic E-state index is -0.125. The summed E-state index contributed by atoms with van der Waals surface area (Å²) in [5.41, 5.74) is 5.11. The maximum absolute atomic E-state index is 12.8. The molecule has 3 aromatic rings. The number of imidazole rings is 1. The van der Waals surface area contributed by atoms with Crippen LogP contribution in [0.25, 0.3) is 11.0 Å². The molecule has 30 heavy (non-hydrogen) atoms. The molecule has 1 amide bonds. The van der Waals surface area contributed by atoms with Gasteiger partial charge in [0.2, 0.25) is 5.95 Å². The molecule has 0 aliphatic carbocycles. The summed E-state index contributed by atoms with van der Waals surface area (Å²) >= 11 is 0. The molecule has 0 saturated carbocycles. The second-order valence-corrected chi connectivity index (χ2v) is 8.33. The Morgan fingerprint density at radius 2 is 1.70 bits per heavy atom. The summed E-state index contributed by atoms with van der Waals surface area (Å²) in [4.78, 5) is 22.4. The van der Waals surface area contributed by atoms with Crippen molar-refractivity contribution in [2.45, 2.75) is 26.8 Å². The molecule has 2 heterocycles. The predicted molar refractivity (Wildman–Crippen MR) is 122 cm³/mol. The first-order chi connectivity index (χ1) is 14.5. The van der Waals surface area contributed by atoms with Gasteiger partial charge in [-0.25, -0.2) is 4.98 Å². The smallest absolute Gasteiger partial charge is 0.257 e. The van der Waals surface area contributed by atoms with E-state index in [1.165, 1.54) is 11.1 Å². The van der Waals surface area contributed by atoms with Crippen molar-refractivity contribution in [1.82, 2.24) is 19.4 Å². The lowest BCUT2D eigenvalue weighted by Crippen LogP contribution is -2.44. The minimum absolute atomic E-state index is 0.125. The van der Waals surface area contributed by atoms with E-state index in [0.717, 1.165) is 56.7 Å². The normalized spacial score (nSPS) is 15.6. The average molecular weight is 406 g/mol. The molecular weight excluding hydrogens is 374 g/mol. The maximum atomic E-state index is 12.8. The zero-order valence-corrected chi connectivity index (χ0v) is 18.2. The third kappa shape index (κ3) is 4.55. The van der Waals surface area contributed by atoms with E-state index in [-0.39, 0.29) is 5.91 Å². The van der Waals surface area contributed by atoms with Gasteiger partial charge in [-0.2, -0.15) is 0 Å². The first kappa shape index (κ1) is 20.6. The highest BCUT2D eigenvalue weighted by Crippen LogP contribution is 2.24. The summed E-state index contributed by atoms with van der Waals surface area (Å²) in [5, 5.41) is 3.04. The number of piperazine rings is 1. The van der Waals surface area contributed by atoms with Crippen LogP contribution in [0, 0.1) is 13.8 Å². The van der Waals surface area contributed by atoms with Crippen LogP contribution in [0.1, 0.15) is 27.9 Å². The summed E-state index contributed by atoms with van der Waals surface area (Å²) in [6, 6.07) is 13.6. The van der Waals surface area contributed by atoms with E-state index in [2.05, 4.69) is 52.7 Å². The van der Waals surface area contributed by atoms with Gasteiger partial charge in [0.1, 0.15) is 0 Å². The van der Waals surface area contributed by atoms with Crippen LogP contribution in [0.3, 0.4) is 0 Å². The highest BCUT2D eigenvalue weighted by Gasteiger charge is 2.17. The molecular formula is C24H31N5O. The number of nitrogens with zero attached hydrogens (tertiary/aromatic N) is 4. The average Bonchev–Trinajstić information content (AvgIpc) is 3.06. The number of aromatic nitrogens is 2. The van der Waals surface area contributed by atoms with Gasteiger partial charge in [0.25, 0.3) is 5.91 Å². The van der Waals surface area contributed by atoms with Gasteiger partial charge in [-0.1, -0.05) is 18.2 Å². The molecule has 0 spiro atoms. The summed E-state index contributed by atoms with van der Waals surface area (Å²) < 4.78 is 2.17. The molecule has 1 aliphatic rings. The van der Waals surface area contributed by atoms with Gasteiger partial charge >= 0.3 is 0 Å². The molecule has 1 fully saturated rings. The lowest BCUT2D eigenvalue weighted by atomic mass is 10.1. The lowest BCUT2D eigenvalue weighted by molar-refractivity contribution is 0.102. The topological polar surface area (TPSA) is 53.4 Å². The first-order valence-corrected chi connectivity index (χ1v) is 10.8. The molecule has 0 bridgehead atoms. The molecule has 6 heteroatoms. The number of hydrogen-bond acceptors (Lipinski definition) is 4. The Bertz CT molecular complexity index is 1020. The molecule has 4 rings (SSSR count). The number of hydrogen-bond donors (Lipinski definition) is 1. The third-order valence-electron chi connectivity index (χ3n) is 6.08. The summed E-state index contributed by atoms with van der Waals surface area (Å²) in [6.07, 6.45) is 1.02. The number of carbonyl (C=O) groups is 1. The molecule has 0 radical (unpaired) electrons. The Morgan fingerprint density at radius 1 is 1.00 bits per heavy atom. The largest absolute Gasteiger partial charge is 0.310 e. The Hall–Kier alpha value is -2.70. The lowest BCUT2D eigenvalue weighted by Gasteiger charge is -2.32. The van der Waals surface area contributed by atoms with Gasteiger partial charge in [-0.3, -0.25) is 10.1 Å². The number of rotatable bonds is 6. The van der Waals surface area contributed by atoms with Crippen molar-refractivity contribution in [3.63, 3.8) is 0 Å². The van der Waals surface area contributed by atoms with Crippen LogP contribution in [0.5, 0.6) is 0 Å². The second kappa shape index (κ2) is 8.98. The van der Waals surface area contributed by atoms with E-state index >= 15 is 0 Å². The third-order valence-corrected chi connectivity index (χ3v) is 6.08. The van der Waals surface area contributed by atoms with E-state index in [1.54, 1.807) is 0 Å². The number of amides is 1. The highest BCUT2D eigenvalue weighted by molar-refractivity contribution is 6.04. The van der Waals surface area contributed by atoms with Gasteiger partial charge in [0, 0.05) is 38.3 Å². The van der Waals surface area contributed by atoms with Crippen LogP contribution in [-0.4, -0.2) is 65.0 Å². The number of likely N-dealkylation sites (N-methyl/N-ethyl adjacent to an activating group) is 1. The van der Waals surface area contributed by atoms with Crippen molar-refractivity contribution in [2.24, 2.45) is 0 Å². The number of benzene rings is 2. The predicted octanol–water partition coefficient (Wildman–Crippen LogP) is 3.54. The fourth-order valence-electron chi connectivity index (χ4n) is 3.99. The van der Waals surface area contributed by atoms with Crippen LogP contribution in [0.15, 0.2) is 42.5 Å². The summed E-state index contributed by atoms with van der Waals surface area (Å²) in [5.74, 6) is 0.502. The van der Waals surface area contributed by atoms with E-state index < -0.39 is 0 Å². The fraction of sp³-hybridized carbons (Fsp3) is 0.417. The van der Waals surface area contributed by atoms with E-state index in [1.807, 2.05) is 30.3 Å². The first-order valence-electron chi connectivity index (χ1n) is 10.8. The molecule has 1 saturated heterocycles. The van der Waals surface area contributed by atoms with Gasteiger partial charge < -0.3 is 14.4 Å². The molecule has 1 aliphatic heterocycles. The summed E-state index contributed by atoms with van der Waals surface area (Å²) in [7, 11) is 2.18. The number of nitrogens with one attached hydrogen (secondary N) is 1. The van der Waals surface area contributed by atoms with Crippen LogP contribution in [-0.2, 0) is 6.54 Å². The fourth-order valence-corrected chi connectivity index (χ4v) is 3.99. The minimum Gasteiger partial charge on any atom is -0.310 e. The summed E-state index contributed by atoms with van der Waals surface area (Å²) in [6.45, 7) is 10.6. The van der Waals surface area contributed by atoms with Crippen molar-refractivity contribution in [3.05, 3.63) is 59.2 Å². The molecule has 158 valence electrons. The van der Waals surface area contributed by atoms with E-state index in [9.17, 15) is 4.79 Å². The molecule has 1 aromatic heterocycles. The van der Waals surface area contributed by atoms with Gasteiger partial charge in [-0.05, 0) is 69.3 Å². The second-order valence-electron chi connectivity index (χ2n) is 8.33. The molecule has 0 unspecified atom stereocenters. The molecule has 0 atom stereocenters. The number of anilines is 1. The van der Waals surface area contributed by atoms with Gasteiger partial charge in [-0.15, -0.1) is 0 Å². The van der Waals surface area contributed by atoms with Crippen LogP contribution in [0.2, 0.25) is 0 Å². The maximum Gasteiger partial charge on any atom is 0.257 e. The Kier molecular flexibility index (Phi) is 6.16. The van der Waals surface area contributed by atoms with Crippen LogP contribution in [0.4, 0.5) is 5.95 Å². The molecule has 6 nitrogen and oxygen atoms in total. The Balaban J connectivity index is 1.55. The monoisotopic (exact) mass is 405 g/mol. The van der Waals surface area contributed by atoms with Gasteiger partial charge in [0.15, 0.2) is 0 Å². The quantitative estimate of drug-likeness (QED) is 0.682. The van der Waals surface area contributed by atoms with E-state index in [0.29, 0.717) is 11.5 Å². The Labute approximate surface area is 178 Å². The SMILES string of the molecule is Cc1cc2nc(NC(=O)c3ccccc3)n(CCCN3CCN(C)CC3)c2cc1C. The Morgan fingerprint density at radius 3 is 2.43 bits per heavy atom. The van der Waals surface area contributed by atoms with Crippen molar-refractivity contribution in [2.75, 3.05) is 45.1 Å². The molecule has 2 aromatic carbocycles. The van der Waals surface area contributed by atoms with Crippen molar-refractivity contribution < 1.29 is 4.79 Å². The van der Waals surface area contributed by atoms with Crippen molar-refractivity contribution in [3.8, 4) is 0 Å². The van der Waals surface area contributed by atoms with E-state index in [4.69, 9.17) is 4.98 Å². The zero-order chi connectivity index (χ0) is 21.1. The highest BCUT2D eigenvalue weighted by atomic mass is 16.1. The zero-order valence-electron chi connectivity index (χ0n) is 18.2. The molecule has 1 N–H and O–H groups in total. The van der Waals surface area contributed by atoms with Crippen LogP contribution >= 0.6 is 0 Å². The van der Waals surface area contributed by atoms with Gasteiger partial charge in [0.05, 0.1) is 11.0 Å². The van der Waals surface area contributed by atoms with Crippen LogP contribution < -0.4 is 5.32 Å². The number of aryl methyl sites for hydroxylation is 3. The van der Waals surface area contributed by atoms with Crippen molar-refractivity contribution in [1.29, 1.82) is 0 Å². The van der Waals surface area contributed by atoms with Crippen molar-refractivity contribution >= 4 is 22.9 Å². The standard InChI is InChI=1S/C24H31N5O/c1-18-16-21-22(17-19(18)2)29(11-7-10-28-14-12-27(3)13-15-28)24(25-21)26-23(30)20-8-5-4-6-9-20/h4-6,8-9,16-17H,7,10-15H2,1-3H3,(H,25,26,30). The number of fused-ring (bicyclic) bond motifs is 1. The number of carbonyl (C=O) groups excluding carboxylic acids is 1.